The van der Waals surface area contributed by atoms with E-state index >= 15 is 0 Å². The summed E-state index contributed by atoms with van der Waals surface area (Å²) in [6.07, 6.45) is 2.85. The van der Waals surface area contributed by atoms with Crippen LogP contribution in [0.5, 0.6) is 17.2 Å². The van der Waals surface area contributed by atoms with Gasteiger partial charge in [-0.15, -0.1) is 0 Å². The molecule has 2 aromatic carbocycles. The van der Waals surface area contributed by atoms with Crippen molar-refractivity contribution in [2.24, 2.45) is 0 Å². The van der Waals surface area contributed by atoms with Gasteiger partial charge < -0.3 is 14.2 Å². The number of hydrogen-bond donors (Lipinski definition) is 2. The molecule has 0 aliphatic heterocycles. The molecule has 27 heavy (non-hydrogen) atoms. The molecule has 0 atom stereocenters. The van der Waals surface area contributed by atoms with Crippen molar-refractivity contribution in [3.8, 4) is 17.2 Å². The van der Waals surface area contributed by atoms with Crippen LogP contribution in [0.15, 0.2) is 42.5 Å². The van der Waals surface area contributed by atoms with Crippen LogP contribution in [0.25, 0.3) is 6.08 Å². The van der Waals surface area contributed by atoms with Crippen LogP contribution in [0.3, 0.4) is 0 Å². The molecular weight excluding hydrogens is 372 g/mol. The molecule has 0 saturated heterocycles. The molecule has 0 radical (unpaired) electrons. The van der Waals surface area contributed by atoms with Gasteiger partial charge in [0.05, 0.1) is 26.9 Å². The Hall–Kier alpha value is -3.19. The summed E-state index contributed by atoms with van der Waals surface area (Å²) in [6.45, 7) is 0. The number of nitrogens with one attached hydrogen (secondary N) is 2. The zero-order valence-electron chi connectivity index (χ0n) is 15.0. The van der Waals surface area contributed by atoms with E-state index in [1.54, 1.807) is 43.5 Å². The second-order valence-corrected chi connectivity index (χ2v) is 5.67. The predicted octanol–water partition coefficient (Wildman–Crippen LogP) is 2.84. The van der Waals surface area contributed by atoms with Crippen molar-refractivity contribution in [3.63, 3.8) is 0 Å². The highest BCUT2D eigenvalue weighted by Gasteiger charge is 2.13. The maximum Gasteiger partial charge on any atom is 0.273 e. The van der Waals surface area contributed by atoms with Crippen molar-refractivity contribution >= 4 is 29.5 Å². The molecule has 0 heterocycles. The summed E-state index contributed by atoms with van der Waals surface area (Å²) in [7, 11) is 4.50. The Bertz CT molecular complexity index is 867. The van der Waals surface area contributed by atoms with E-state index in [1.807, 2.05) is 0 Å². The Morgan fingerprint density at radius 1 is 0.889 bits per heavy atom. The number of methoxy groups -OCH3 is 3. The quantitative estimate of drug-likeness (QED) is 0.585. The van der Waals surface area contributed by atoms with E-state index in [1.165, 1.54) is 26.4 Å². The normalized spacial score (nSPS) is 10.4. The van der Waals surface area contributed by atoms with Gasteiger partial charge >= 0.3 is 0 Å². The Balaban J connectivity index is 1.99. The maximum atomic E-state index is 12.2. The van der Waals surface area contributed by atoms with Crippen molar-refractivity contribution in [3.05, 3.63) is 58.6 Å². The largest absolute Gasteiger partial charge is 0.496 e. The smallest absolute Gasteiger partial charge is 0.273 e. The standard InChI is InChI=1S/C19H19ClN2O5/c1-25-15-8-6-13(20)11-14(15)19(24)22-21-18(23)9-5-12-4-7-16(26-2)17(10-12)27-3/h4-11H,1-3H3,(H,21,23)(H,22,24)/b9-5+. The zero-order valence-corrected chi connectivity index (χ0v) is 15.8. The first-order valence-electron chi connectivity index (χ1n) is 7.82. The van der Waals surface area contributed by atoms with Gasteiger partial charge in [-0.2, -0.15) is 0 Å². The number of benzene rings is 2. The van der Waals surface area contributed by atoms with Gasteiger partial charge in [0.15, 0.2) is 11.5 Å². The molecular formula is C19H19ClN2O5. The summed E-state index contributed by atoms with van der Waals surface area (Å²) >= 11 is 5.89. The minimum absolute atomic E-state index is 0.203. The molecule has 0 aliphatic carbocycles. The molecule has 142 valence electrons. The molecule has 0 saturated carbocycles. The maximum absolute atomic E-state index is 12.2. The number of ether oxygens (including phenoxy) is 3. The Labute approximate surface area is 161 Å². The summed E-state index contributed by atoms with van der Waals surface area (Å²) in [6, 6.07) is 9.82. The van der Waals surface area contributed by atoms with Crippen LogP contribution in [0.1, 0.15) is 15.9 Å². The van der Waals surface area contributed by atoms with Crippen LogP contribution in [0.4, 0.5) is 0 Å². The molecule has 2 rings (SSSR count). The van der Waals surface area contributed by atoms with Gasteiger partial charge in [-0.25, -0.2) is 0 Å². The van der Waals surface area contributed by atoms with Gasteiger partial charge in [0.25, 0.3) is 11.8 Å². The molecule has 2 N–H and O–H groups in total. The molecule has 0 aliphatic rings. The fourth-order valence-corrected chi connectivity index (χ4v) is 2.39. The molecule has 0 spiro atoms. The average molecular weight is 391 g/mol. The monoisotopic (exact) mass is 390 g/mol. The Morgan fingerprint density at radius 3 is 2.22 bits per heavy atom. The fraction of sp³-hybridized carbons (Fsp3) is 0.158. The van der Waals surface area contributed by atoms with Crippen LogP contribution in [-0.2, 0) is 4.79 Å². The van der Waals surface area contributed by atoms with Crippen molar-refractivity contribution in [2.75, 3.05) is 21.3 Å². The minimum atomic E-state index is -0.554. The fourth-order valence-electron chi connectivity index (χ4n) is 2.21. The van der Waals surface area contributed by atoms with Crippen molar-refractivity contribution < 1.29 is 23.8 Å². The zero-order chi connectivity index (χ0) is 19.8. The molecule has 0 fully saturated rings. The first kappa shape index (κ1) is 20.1. The molecule has 7 nitrogen and oxygen atoms in total. The van der Waals surface area contributed by atoms with Gasteiger partial charge in [0, 0.05) is 11.1 Å². The Morgan fingerprint density at radius 2 is 1.56 bits per heavy atom. The molecule has 2 amide bonds. The molecule has 0 aromatic heterocycles. The lowest BCUT2D eigenvalue weighted by atomic mass is 10.2. The topological polar surface area (TPSA) is 85.9 Å². The highest BCUT2D eigenvalue weighted by atomic mass is 35.5. The minimum Gasteiger partial charge on any atom is -0.496 e. The van der Waals surface area contributed by atoms with Crippen LogP contribution in [0.2, 0.25) is 5.02 Å². The second-order valence-electron chi connectivity index (χ2n) is 5.24. The van der Waals surface area contributed by atoms with Crippen LogP contribution in [0, 0.1) is 0 Å². The first-order chi connectivity index (χ1) is 13.0. The van der Waals surface area contributed by atoms with Crippen molar-refractivity contribution in [1.29, 1.82) is 0 Å². The lowest BCUT2D eigenvalue weighted by molar-refractivity contribution is -0.117. The third-order valence-corrected chi connectivity index (χ3v) is 3.78. The lowest BCUT2D eigenvalue weighted by Gasteiger charge is -2.10. The van der Waals surface area contributed by atoms with E-state index in [2.05, 4.69) is 10.9 Å². The third-order valence-electron chi connectivity index (χ3n) is 3.54. The van der Waals surface area contributed by atoms with E-state index < -0.39 is 11.8 Å². The van der Waals surface area contributed by atoms with Crippen LogP contribution >= 0.6 is 11.6 Å². The van der Waals surface area contributed by atoms with Gasteiger partial charge in [-0.1, -0.05) is 17.7 Å². The third kappa shape index (κ3) is 5.39. The number of rotatable bonds is 6. The van der Waals surface area contributed by atoms with E-state index in [0.29, 0.717) is 22.3 Å². The van der Waals surface area contributed by atoms with Gasteiger partial charge in [0.2, 0.25) is 0 Å². The van der Waals surface area contributed by atoms with Gasteiger partial charge in [-0.05, 0) is 42.0 Å². The number of amides is 2. The van der Waals surface area contributed by atoms with E-state index in [0.717, 1.165) is 5.56 Å². The number of hydrazine groups is 1. The number of hydrogen-bond acceptors (Lipinski definition) is 5. The summed E-state index contributed by atoms with van der Waals surface area (Å²) in [5.41, 5.74) is 5.53. The van der Waals surface area contributed by atoms with Crippen molar-refractivity contribution in [2.45, 2.75) is 0 Å². The van der Waals surface area contributed by atoms with E-state index in [-0.39, 0.29) is 5.56 Å². The Kier molecular flexibility index (Phi) is 7.08. The SMILES string of the molecule is COc1ccc(/C=C/C(=O)NNC(=O)c2cc(Cl)ccc2OC)cc1OC. The second kappa shape index (κ2) is 9.49. The molecule has 0 bridgehead atoms. The van der Waals surface area contributed by atoms with Crippen LogP contribution < -0.4 is 25.1 Å². The average Bonchev–Trinajstić information content (AvgIpc) is 2.69. The summed E-state index contributed by atoms with van der Waals surface area (Å²) in [5.74, 6) is 0.400. The summed E-state index contributed by atoms with van der Waals surface area (Å²) < 4.78 is 15.5. The van der Waals surface area contributed by atoms with Gasteiger partial charge in [-0.3, -0.25) is 20.4 Å². The van der Waals surface area contributed by atoms with Gasteiger partial charge in [0.1, 0.15) is 5.75 Å². The molecule has 2 aromatic rings. The highest BCUT2D eigenvalue weighted by Crippen LogP contribution is 2.28. The summed E-state index contributed by atoms with van der Waals surface area (Å²) in [5, 5.41) is 0.376. The molecule has 8 heteroatoms. The molecule has 0 unspecified atom stereocenters. The first-order valence-corrected chi connectivity index (χ1v) is 8.20. The van der Waals surface area contributed by atoms with E-state index in [4.69, 9.17) is 25.8 Å². The highest BCUT2D eigenvalue weighted by molar-refractivity contribution is 6.31. The van der Waals surface area contributed by atoms with Crippen LogP contribution in [-0.4, -0.2) is 33.1 Å². The van der Waals surface area contributed by atoms with E-state index in [9.17, 15) is 9.59 Å². The lowest BCUT2D eigenvalue weighted by Crippen LogP contribution is -2.40. The number of carbonyl (C=O) groups is 2. The summed E-state index contributed by atoms with van der Waals surface area (Å²) in [4.78, 5) is 24.1. The van der Waals surface area contributed by atoms with Crippen molar-refractivity contribution in [1.82, 2.24) is 10.9 Å². The predicted molar refractivity (Wildman–Crippen MR) is 102 cm³/mol. The number of halogens is 1. The number of carbonyl (C=O) groups excluding carboxylic acids is 2.